The van der Waals surface area contributed by atoms with Crippen molar-refractivity contribution in [3.8, 4) is 17.9 Å². The Balaban J connectivity index is 1.76. The first-order valence-electron chi connectivity index (χ1n) is 8.55. The molecule has 0 bridgehead atoms. The third kappa shape index (κ3) is 3.38. The van der Waals surface area contributed by atoms with Crippen LogP contribution >= 0.6 is 0 Å². The Morgan fingerprint density at radius 2 is 2.08 bits per heavy atom. The monoisotopic (exact) mass is 349 g/mol. The molecule has 3 rings (SSSR count). The molecule has 7 heteroatoms. The number of aromatic nitrogens is 2. The second-order valence-corrected chi connectivity index (χ2v) is 6.04. The highest BCUT2D eigenvalue weighted by atomic mass is 16.5. The summed E-state index contributed by atoms with van der Waals surface area (Å²) in [4.78, 5) is 18.5. The molecule has 0 radical (unpaired) electrons. The van der Waals surface area contributed by atoms with Crippen LogP contribution in [-0.4, -0.2) is 33.5 Å². The van der Waals surface area contributed by atoms with Crippen molar-refractivity contribution in [2.75, 3.05) is 13.2 Å². The average molecular weight is 349 g/mol. The fourth-order valence-corrected chi connectivity index (χ4v) is 3.30. The lowest BCUT2D eigenvalue weighted by atomic mass is 10.0. The number of nitrogens with zero attached hydrogens (tertiary/aromatic N) is 5. The number of benzene rings is 1. The van der Waals surface area contributed by atoms with Gasteiger partial charge in [-0.1, -0.05) is 12.1 Å². The molecule has 1 amide bonds. The molecule has 0 N–H and O–H groups in total. The second kappa shape index (κ2) is 7.71. The van der Waals surface area contributed by atoms with E-state index in [1.807, 2.05) is 48.2 Å². The summed E-state index contributed by atoms with van der Waals surface area (Å²) in [6.45, 7) is 3.24. The zero-order valence-corrected chi connectivity index (χ0v) is 14.6. The van der Waals surface area contributed by atoms with Crippen molar-refractivity contribution in [1.29, 1.82) is 10.5 Å². The van der Waals surface area contributed by atoms with Crippen LogP contribution in [0, 0.1) is 22.7 Å². The van der Waals surface area contributed by atoms with Gasteiger partial charge in [-0.15, -0.1) is 0 Å². The highest BCUT2D eigenvalue weighted by Crippen LogP contribution is 2.33. The van der Waals surface area contributed by atoms with Crippen LogP contribution in [0.3, 0.4) is 0 Å². The molecule has 1 aliphatic heterocycles. The van der Waals surface area contributed by atoms with Gasteiger partial charge in [0.2, 0.25) is 5.91 Å². The summed E-state index contributed by atoms with van der Waals surface area (Å²) >= 11 is 0. The highest BCUT2D eigenvalue weighted by molar-refractivity contribution is 5.77. The molecule has 1 aromatic heterocycles. The standard InChI is InChI=1S/C19H19N5O2/c1-2-26-15-7-5-14(6-8-15)17-4-3-9-24(17)19(25)12-23-13-22-16(10-20)18(23)11-21/h5-8,13,17H,2-4,9,12H2,1H3/t17-/m1/s1. The Hall–Kier alpha value is -3.32. The lowest BCUT2D eigenvalue weighted by Gasteiger charge is -2.25. The van der Waals surface area contributed by atoms with Crippen LogP contribution in [0.4, 0.5) is 0 Å². The van der Waals surface area contributed by atoms with Crippen LogP contribution in [-0.2, 0) is 11.3 Å². The van der Waals surface area contributed by atoms with Crippen molar-refractivity contribution in [2.24, 2.45) is 0 Å². The van der Waals surface area contributed by atoms with Crippen molar-refractivity contribution < 1.29 is 9.53 Å². The van der Waals surface area contributed by atoms with E-state index in [9.17, 15) is 10.1 Å². The summed E-state index contributed by atoms with van der Waals surface area (Å²) in [7, 11) is 0. The first kappa shape index (κ1) is 17.5. The molecule has 0 saturated carbocycles. The number of nitriles is 2. The van der Waals surface area contributed by atoms with E-state index < -0.39 is 0 Å². The summed E-state index contributed by atoms with van der Waals surface area (Å²) in [5, 5.41) is 18.2. The molecule has 26 heavy (non-hydrogen) atoms. The van der Waals surface area contributed by atoms with E-state index in [1.165, 1.54) is 10.9 Å². The maximum atomic E-state index is 12.8. The number of hydrogen-bond donors (Lipinski definition) is 0. The SMILES string of the molecule is CCOc1ccc([C@H]2CCCN2C(=O)Cn2cnc(C#N)c2C#N)cc1. The predicted molar refractivity (Wildman–Crippen MR) is 93.0 cm³/mol. The van der Waals surface area contributed by atoms with Crippen molar-refractivity contribution >= 4 is 5.91 Å². The van der Waals surface area contributed by atoms with Gasteiger partial charge in [-0.25, -0.2) is 4.98 Å². The van der Waals surface area contributed by atoms with Gasteiger partial charge in [0.05, 0.1) is 19.0 Å². The molecule has 2 aromatic rings. The van der Waals surface area contributed by atoms with Crippen molar-refractivity contribution in [3.63, 3.8) is 0 Å². The molecule has 0 spiro atoms. The van der Waals surface area contributed by atoms with Gasteiger partial charge >= 0.3 is 0 Å². The minimum atomic E-state index is -0.0835. The summed E-state index contributed by atoms with van der Waals surface area (Å²) in [5.41, 5.74) is 1.24. The van der Waals surface area contributed by atoms with Crippen LogP contribution in [0.15, 0.2) is 30.6 Å². The summed E-state index contributed by atoms with van der Waals surface area (Å²) in [5.74, 6) is 0.730. The number of carbonyl (C=O) groups excluding carboxylic acids is 1. The number of carbonyl (C=O) groups is 1. The third-order valence-electron chi connectivity index (χ3n) is 4.50. The van der Waals surface area contributed by atoms with E-state index in [4.69, 9.17) is 10.00 Å². The molecule has 1 atom stereocenters. The van der Waals surface area contributed by atoms with E-state index in [-0.39, 0.29) is 29.9 Å². The highest BCUT2D eigenvalue weighted by Gasteiger charge is 2.30. The van der Waals surface area contributed by atoms with Crippen molar-refractivity contribution in [1.82, 2.24) is 14.5 Å². The number of hydrogen-bond acceptors (Lipinski definition) is 5. The van der Waals surface area contributed by atoms with E-state index in [1.54, 1.807) is 0 Å². The van der Waals surface area contributed by atoms with Crippen molar-refractivity contribution in [3.05, 3.63) is 47.5 Å². The topological polar surface area (TPSA) is 94.9 Å². The average Bonchev–Trinajstić information content (AvgIpc) is 3.29. The van der Waals surface area contributed by atoms with Gasteiger partial charge < -0.3 is 14.2 Å². The number of likely N-dealkylation sites (tertiary alicyclic amines) is 1. The fraction of sp³-hybridized carbons (Fsp3) is 0.368. The van der Waals surface area contributed by atoms with Gasteiger partial charge in [0.1, 0.15) is 24.4 Å². The number of imidazole rings is 1. The zero-order chi connectivity index (χ0) is 18.5. The lowest BCUT2D eigenvalue weighted by molar-refractivity contribution is -0.132. The zero-order valence-electron chi connectivity index (χ0n) is 14.6. The summed E-state index contributed by atoms with van der Waals surface area (Å²) in [6.07, 6.45) is 3.21. The first-order chi connectivity index (χ1) is 12.7. The summed E-state index contributed by atoms with van der Waals surface area (Å²) < 4.78 is 6.91. The smallest absolute Gasteiger partial charge is 0.243 e. The largest absolute Gasteiger partial charge is 0.494 e. The fourth-order valence-electron chi connectivity index (χ4n) is 3.30. The molecule has 132 valence electrons. The molecule has 1 aromatic carbocycles. The predicted octanol–water partition coefficient (Wildman–Crippen LogP) is 2.39. The van der Waals surface area contributed by atoms with Crippen LogP contribution in [0.1, 0.15) is 42.8 Å². The molecule has 7 nitrogen and oxygen atoms in total. The normalized spacial score (nSPS) is 16.1. The van der Waals surface area contributed by atoms with Gasteiger partial charge in [0, 0.05) is 6.54 Å². The molecular weight excluding hydrogens is 330 g/mol. The second-order valence-electron chi connectivity index (χ2n) is 6.04. The Labute approximate surface area is 152 Å². The molecule has 1 aliphatic rings. The molecule has 1 fully saturated rings. The molecule has 2 heterocycles. The molecule has 1 saturated heterocycles. The van der Waals surface area contributed by atoms with E-state index >= 15 is 0 Å². The lowest BCUT2D eigenvalue weighted by Crippen LogP contribution is -2.33. The minimum Gasteiger partial charge on any atom is -0.494 e. The van der Waals surface area contributed by atoms with Gasteiger partial charge in [-0.2, -0.15) is 10.5 Å². The van der Waals surface area contributed by atoms with Gasteiger partial charge in [0.25, 0.3) is 0 Å². The molecular formula is C19H19N5O2. The Morgan fingerprint density at radius 3 is 2.73 bits per heavy atom. The maximum Gasteiger partial charge on any atom is 0.243 e. The van der Waals surface area contributed by atoms with E-state index in [0.29, 0.717) is 13.2 Å². The van der Waals surface area contributed by atoms with Gasteiger partial charge in [0.15, 0.2) is 11.4 Å². The maximum absolute atomic E-state index is 12.8. The third-order valence-corrected chi connectivity index (χ3v) is 4.50. The molecule has 0 aliphatic carbocycles. The number of ether oxygens (including phenoxy) is 1. The Kier molecular flexibility index (Phi) is 5.19. The van der Waals surface area contributed by atoms with Crippen LogP contribution in [0.2, 0.25) is 0 Å². The van der Waals surface area contributed by atoms with E-state index in [2.05, 4.69) is 4.98 Å². The Bertz CT molecular complexity index is 873. The Morgan fingerprint density at radius 1 is 1.31 bits per heavy atom. The van der Waals surface area contributed by atoms with Crippen LogP contribution < -0.4 is 4.74 Å². The number of rotatable bonds is 5. The van der Waals surface area contributed by atoms with Gasteiger partial charge in [-0.3, -0.25) is 4.79 Å². The van der Waals surface area contributed by atoms with E-state index in [0.717, 1.165) is 24.2 Å². The van der Waals surface area contributed by atoms with Crippen LogP contribution in [0.25, 0.3) is 0 Å². The first-order valence-corrected chi connectivity index (χ1v) is 8.55. The van der Waals surface area contributed by atoms with Crippen molar-refractivity contribution in [2.45, 2.75) is 32.4 Å². The quantitative estimate of drug-likeness (QED) is 0.826. The van der Waals surface area contributed by atoms with Gasteiger partial charge in [-0.05, 0) is 37.5 Å². The summed E-state index contributed by atoms with van der Waals surface area (Å²) in [6, 6.07) is 11.7. The molecule has 0 unspecified atom stereocenters. The number of amides is 1. The minimum absolute atomic E-state index is 0.00506. The van der Waals surface area contributed by atoms with Crippen LogP contribution in [0.5, 0.6) is 5.75 Å².